The first-order chi connectivity index (χ1) is 11.0. The van der Waals surface area contributed by atoms with Crippen LogP contribution in [0.3, 0.4) is 0 Å². The molecule has 0 saturated carbocycles. The Labute approximate surface area is 128 Å². The highest BCUT2D eigenvalue weighted by molar-refractivity contribution is 5.94. The summed E-state index contributed by atoms with van der Waals surface area (Å²) < 4.78 is 18.6. The second kappa shape index (κ2) is 5.41. The van der Waals surface area contributed by atoms with E-state index in [-0.39, 0.29) is 22.8 Å². The van der Waals surface area contributed by atoms with E-state index < -0.39 is 28.8 Å². The van der Waals surface area contributed by atoms with Gasteiger partial charge in [0.25, 0.3) is 5.89 Å². The fraction of sp³-hybridized carbons (Fsp3) is 0. The molecule has 2 aromatic carbocycles. The second-order valence-corrected chi connectivity index (χ2v) is 4.60. The van der Waals surface area contributed by atoms with E-state index >= 15 is 0 Å². The van der Waals surface area contributed by atoms with Crippen LogP contribution in [0.4, 0.5) is 4.39 Å². The molecule has 0 spiro atoms. The molecule has 8 heteroatoms. The van der Waals surface area contributed by atoms with Crippen molar-refractivity contribution in [3.05, 3.63) is 47.8 Å². The van der Waals surface area contributed by atoms with Gasteiger partial charge in [-0.3, -0.25) is 0 Å². The minimum atomic E-state index is -1.43. The molecule has 7 nitrogen and oxygen atoms in total. The Balaban J connectivity index is 2.11. The lowest BCUT2D eigenvalue weighted by molar-refractivity contribution is 0.0693. The highest BCUT2D eigenvalue weighted by Gasteiger charge is 2.21. The SMILES string of the molecule is O=C(O)c1cc(O)cc(-c2noc(-c3ccccc3F)n2)c1O. The number of hydrogen-bond donors (Lipinski definition) is 3. The highest BCUT2D eigenvalue weighted by atomic mass is 19.1. The maximum absolute atomic E-state index is 13.7. The molecule has 116 valence electrons. The predicted molar refractivity (Wildman–Crippen MR) is 75.4 cm³/mol. The number of aromatic nitrogens is 2. The summed E-state index contributed by atoms with van der Waals surface area (Å²) in [5.41, 5.74) is -0.602. The number of hydrogen-bond acceptors (Lipinski definition) is 6. The van der Waals surface area contributed by atoms with Crippen molar-refractivity contribution in [2.24, 2.45) is 0 Å². The van der Waals surface area contributed by atoms with E-state index in [1.807, 2.05) is 0 Å². The zero-order valence-electron chi connectivity index (χ0n) is 11.4. The summed E-state index contributed by atoms with van der Waals surface area (Å²) in [6.45, 7) is 0. The van der Waals surface area contributed by atoms with Gasteiger partial charge in [0.2, 0.25) is 5.82 Å². The first kappa shape index (κ1) is 14.5. The number of carboxylic acids is 1. The first-order valence-electron chi connectivity index (χ1n) is 6.35. The second-order valence-electron chi connectivity index (χ2n) is 4.60. The number of carbonyl (C=O) groups is 1. The fourth-order valence-electron chi connectivity index (χ4n) is 2.03. The van der Waals surface area contributed by atoms with E-state index in [0.717, 1.165) is 12.1 Å². The zero-order chi connectivity index (χ0) is 16.6. The van der Waals surface area contributed by atoms with E-state index in [4.69, 9.17) is 9.63 Å². The third-order valence-electron chi connectivity index (χ3n) is 3.10. The van der Waals surface area contributed by atoms with Crippen LogP contribution in [-0.2, 0) is 0 Å². The average molecular weight is 316 g/mol. The lowest BCUT2D eigenvalue weighted by Crippen LogP contribution is -1.98. The minimum Gasteiger partial charge on any atom is -0.508 e. The molecule has 3 N–H and O–H groups in total. The molecular weight excluding hydrogens is 307 g/mol. The van der Waals surface area contributed by atoms with Crippen molar-refractivity contribution in [1.29, 1.82) is 0 Å². The van der Waals surface area contributed by atoms with Gasteiger partial charge in [0.05, 0.1) is 11.1 Å². The number of benzene rings is 2. The summed E-state index contributed by atoms with van der Waals surface area (Å²) in [6.07, 6.45) is 0. The molecule has 0 fully saturated rings. The van der Waals surface area contributed by atoms with Crippen molar-refractivity contribution >= 4 is 5.97 Å². The Morgan fingerprint density at radius 1 is 1.13 bits per heavy atom. The van der Waals surface area contributed by atoms with Crippen molar-refractivity contribution in [2.45, 2.75) is 0 Å². The van der Waals surface area contributed by atoms with E-state index in [2.05, 4.69) is 10.1 Å². The molecule has 1 heterocycles. The number of aromatic carboxylic acids is 1. The summed E-state index contributed by atoms with van der Waals surface area (Å²) in [6, 6.07) is 7.69. The molecule has 0 aliphatic rings. The maximum atomic E-state index is 13.7. The van der Waals surface area contributed by atoms with Crippen molar-refractivity contribution in [3.63, 3.8) is 0 Å². The smallest absolute Gasteiger partial charge is 0.339 e. The molecule has 0 atom stereocenters. The summed E-state index contributed by atoms with van der Waals surface area (Å²) in [5, 5.41) is 32.1. The molecule has 1 aromatic heterocycles. The summed E-state index contributed by atoms with van der Waals surface area (Å²) in [5.74, 6) is -3.35. The highest BCUT2D eigenvalue weighted by Crippen LogP contribution is 2.35. The van der Waals surface area contributed by atoms with Crippen LogP contribution in [0.2, 0.25) is 0 Å². The van der Waals surface area contributed by atoms with Crippen LogP contribution in [0.5, 0.6) is 11.5 Å². The van der Waals surface area contributed by atoms with Crippen LogP contribution in [0.25, 0.3) is 22.8 Å². The van der Waals surface area contributed by atoms with Crippen molar-refractivity contribution in [2.75, 3.05) is 0 Å². The Bertz CT molecular complexity index is 907. The molecule has 0 aliphatic heterocycles. The standard InChI is InChI=1S/C15H9FN2O5/c16-11-4-2-1-3-8(11)14-17-13(18-23-14)9-5-7(19)6-10(12(9)20)15(21)22/h1-6,19-20H,(H,21,22). The number of halogens is 1. The number of rotatable bonds is 3. The largest absolute Gasteiger partial charge is 0.508 e. The van der Waals surface area contributed by atoms with Gasteiger partial charge in [0.15, 0.2) is 0 Å². The Kier molecular flexibility index (Phi) is 3.41. The number of carboxylic acid groups (broad SMARTS) is 1. The van der Waals surface area contributed by atoms with Crippen LogP contribution < -0.4 is 0 Å². The Morgan fingerprint density at radius 3 is 2.57 bits per heavy atom. The average Bonchev–Trinajstić information content (AvgIpc) is 2.99. The van der Waals surface area contributed by atoms with Gasteiger partial charge < -0.3 is 19.8 Å². The lowest BCUT2D eigenvalue weighted by Gasteiger charge is -2.04. The topological polar surface area (TPSA) is 117 Å². The van der Waals surface area contributed by atoms with Crippen LogP contribution in [0, 0.1) is 5.82 Å². The molecular formula is C15H9FN2O5. The van der Waals surface area contributed by atoms with E-state index in [0.29, 0.717) is 0 Å². The summed E-state index contributed by atoms with van der Waals surface area (Å²) >= 11 is 0. The molecule has 0 bridgehead atoms. The van der Waals surface area contributed by atoms with Crippen molar-refractivity contribution in [1.82, 2.24) is 10.1 Å². The van der Waals surface area contributed by atoms with Crippen LogP contribution in [-0.4, -0.2) is 31.4 Å². The molecule has 0 saturated heterocycles. The lowest BCUT2D eigenvalue weighted by atomic mass is 10.1. The van der Waals surface area contributed by atoms with Crippen molar-refractivity contribution < 1.29 is 29.0 Å². The van der Waals surface area contributed by atoms with Crippen LogP contribution in [0.1, 0.15) is 10.4 Å². The zero-order valence-corrected chi connectivity index (χ0v) is 11.4. The first-order valence-corrected chi connectivity index (χ1v) is 6.35. The molecule has 0 aliphatic carbocycles. The Hall–Kier alpha value is -3.42. The predicted octanol–water partition coefficient (Wildman–Crippen LogP) is 2.65. The van der Waals surface area contributed by atoms with E-state index in [9.17, 15) is 19.4 Å². The van der Waals surface area contributed by atoms with Gasteiger partial charge in [-0.05, 0) is 24.3 Å². The number of aromatic hydroxyl groups is 2. The van der Waals surface area contributed by atoms with Gasteiger partial charge >= 0.3 is 5.97 Å². The quantitative estimate of drug-likeness (QED) is 0.636. The molecule has 3 aromatic rings. The number of phenolic OH excluding ortho intramolecular Hbond substituents is 1. The monoisotopic (exact) mass is 316 g/mol. The van der Waals surface area contributed by atoms with Gasteiger partial charge in [0, 0.05) is 0 Å². The summed E-state index contributed by atoms with van der Waals surface area (Å²) in [7, 11) is 0. The number of phenols is 2. The summed E-state index contributed by atoms with van der Waals surface area (Å²) in [4.78, 5) is 15.0. The van der Waals surface area contributed by atoms with Crippen molar-refractivity contribution in [3.8, 4) is 34.3 Å². The maximum Gasteiger partial charge on any atom is 0.339 e. The molecule has 0 radical (unpaired) electrons. The van der Waals surface area contributed by atoms with Gasteiger partial charge in [-0.2, -0.15) is 4.98 Å². The van der Waals surface area contributed by atoms with E-state index in [1.165, 1.54) is 18.2 Å². The number of nitrogens with zero attached hydrogens (tertiary/aromatic N) is 2. The van der Waals surface area contributed by atoms with Gasteiger partial charge in [-0.25, -0.2) is 9.18 Å². The van der Waals surface area contributed by atoms with Crippen LogP contribution in [0.15, 0.2) is 40.9 Å². The molecule has 0 unspecified atom stereocenters. The fourth-order valence-corrected chi connectivity index (χ4v) is 2.03. The van der Waals surface area contributed by atoms with Gasteiger partial charge in [0.1, 0.15) is 22.9 Å². The Morgan fingerprint density at radius 2 is 1.87 bits per heavy atom. The molecule has 3 rings (SSSR count). The molecule has 23 heavy (non-hydrogen) atoms. The third kappa shape index (κ3) is 2.57. The van der Waals surface area contributed by atoms with E-state index in [1.54, 1.807) is 6.07 Å². The van der Waals surface area contributed by atoms with Gasteiger partial charge in [-0.15, -0.1) is 0 Å². The van der Waals surface area contributed by atoms with Crippen LogP contribution >= 0.6 is 0 Å². The third-order valence-corrected chi connectivity index (χ3v) is 3.10. The molecule has 0 amide bonds. The van der Waals surface area contributed by atoms with Gasteiger partial charge in [-0.1, -0.05) is 17.3 Å². The minimum absolute atomic E-state index is 0.0596. The normalized spacial score (nSPS) is 10.7.